The van der Waals surface area contributed by atoms with E-state index in [2.05, 4.69) is 104 Å². The number of hydrogen-bond donors (Lipinski definition) is 0. The molecule has 5 aromatic rings. The predicted molar refractivity (Wildman–Crippen MR) is 133 cm³/mol. The lowest BCUT2D eigenvalue weighted by atomic mass is 10.2. The van der Waals surface area contributed by atoms with Gasteiger partial charge >= 0.3 is 0 Å². The quantitative estimate of drug-likeness (QED) is 0.381. The summed E-state index contributed by atoms with van der Waals surface area (Å²) in [5.74, 6) is 0. The first kappa shape index (κ1) is 22.1. The van der Waals surface area contributed by atoms with Crippen molar-refractivity contribution >= 4 is 34.2 Å². The standard InChI is InChI=1S/C28H24N2P.ClH/c1-22-28(30-27-20-12-11-19-26(27)29-22)21-31(23-13-5-2-6-14-23,24-15-7-3-8-16-24)25-17-9-4-10-18-25;/h2-20H,21H2,1H3;1H/q+1;/p-1. The fourth-order valence-corrected chi connectivity index (χ4v) is 8.50. The summed E-state index contributed by atoms with van der Waals surface area (Å²) in [7, 11) is -1.98. The number of rotatable bonds is 5. The molecule has 2 nitrogen and oxygen atoms in total. The minimum absolute atomic E-state index is 0. The third-order valence-electron chi connectivity index (χ3n) is 5.82. The van der Waals surface area contributed by atoms with E-state index in [1.807, 2.05) is 18.2 Å². The molecular weight excluding hydrogens is 431 g/mol. The predicted octanol–water partition coefficient (Wildman–Crippen LogP) is 2.44. The lowest BCUT2D eigenvalue weighted by Crippen LogP contribution is -3.00. The molecule has 4 heteroatoms. The van der Waals surface area contributed by atoms with E-state index in [0.29, 0.717) is 0 Å². The molecule has 0 amide bonds. The Morgan fingerprint density at radius 2 is 0.906 bits per heavy atom. The average Bonchev–Trinajstić information content (AvgIpc) is 2.84. The van der Waals surface area contributed by atoms with Gasteiger partial charge in [0.1, 0.15) is 35.0 Å². The van der Waals surface area contributed by atoms with Crippen LogP contribution in [0.15, 0.2) is 115 Å². The van der Waals surface area contributed by atoms with Crippen LogP contribution in [0.2, 0.25) is 0 Å². The van der Waals surface area contributed by atoms with Gasteiger partial charge in [0.05, 0.1) is 16.7 Å². The first-order valence-electron chi connectivity index (χ1n) is 10.5. The molecule has 0 aliphatic rings. The average molecular weight is 455 g/mol. The largest absolute Gasteiger partial charge is 1.00 e. The van der Waals surface area contributed by atoms with Gasteiger partial charge in [-0.05, 0) is 55.5 Å². The highest BCUT2D eigenvalue weighted by molar-refractivity contribution is 7.95. The maximum Gasteiger partial charge on any atom is 0.118 e. The van der Waals surface area contributed by atoms with Gasteiger partial charge in [0.15, 0.2) is 0 Å². The number of benzene rings is 4. The Morgan fingerprint density at radius 1 is 0.531 bits per heavy atom. The van der Waals surface area contributed by atoms with Crippen LogP contribution in [0.3, 0.4) is 0 Å². The van der Waals surface area contributed by atoms with Crippen molar-refractivity contribution in [1.29, 1.82) is 0 Å². The zero-order chi connectivity index (χ0) is 21.1. The molecule has 0 bridgehead atoms. The molecule has 32 heavy (non-hydrogen) atoms. The number of fused-ring (bicyclic) bond motifs is 1. The SMILES string of the molecule is Cc1nc2ccccc2nc1C[P+](c1ccccc1)(c1ccccc1)c1ccccc1.[Cl-]. The summed E-state index contributed by atoms with van der Waals surface area (Å²) < 4.78 is 0. The molecular formula is C28H24ClN2P. The number of para-hydroxylation sites is 2. The van der Waals surface area contributed by atoms with Crippen LogP contribution in [0.1, 0.15) is 11.4 Å². The number of aromatic nitrogens is 2. The van der Waals surface area contributed by atoms with Crippen molar-refractivity contribution in [2.45, 2.75) is 13.1 Å². The van der Waals surface area contributed by atoms with Crippen molar-refractivity contribution in [3.63, 3.8) is 0 Å². The van der Waals surface area contributed by atoms with Crippen molar-refractivity contribution < 1.29 is 12.4 Å². The molecule has 0 aliphatic heterocycles. The molecule has 0 atom stereocenters. The molecule has 1 aromatic heterocycles. The number of aryl methyl sites for hydroxylation is 1. The lowest BCUT2D eigenvalue weighted by Gasteiger charge is -2.27. The van der Waals surface area contributed by atoms with E-state index in [0.717, 1.165) is 28.6 Å². The van der Waals surface area contributed by atoms with Gasteiger partial charge in [0.25, 0.3) is 0 Å². The monoisotopic (exact) mass is 454 g/mol. The summed E-state index contributed by atoms with van der Waals surface area (Å²) in [6, 6.07) is 41.0. The van der Waals surface area contributed by atoms with Gasteiger partial charge in [-0.2, -0.15) is 0 Å². The fourth-order valence-electron chi connectivity index (χ4n) is 4.27. The Labute approximate surface area is 196 Å². The van der Waals surface area contributed by atoms with E-state index in [-0.39, 0.29) is 12.4 Å². The molecule has 0 spiro atoms. The molecule has 0 N–H and O–H groups in total. The van der Waals surface area contributed by atoms with Crippen molar-refractivity contribution in [2.24, 2.45) is 0 Å². The zero-order valence-electron chi connectivity index (χ0n) is 17.9. The Balaban J connectivity index is 0.00000245. The van der Waals surface area contributed by atoms with E-state index >= 15 is 0 Å². The van der Waals surface area contributed by atoms with Crippen molar-refractivity contribution in [3.8, 4) is 0 Å². The second kappa shape index (κ2) is 9.61. The summed E-state index contributed by atoms with van der Waals surface area (Å²) in [5.41, 5.74) is 3.98. The summed E-state index contributed by atoms with van der Waals surface area (Å²) in [4.78, 5) is 10.00. The van der Waals surface area contributed by atoms with Gasteiger partial charge in [-0.15, -0.1) is 0 Å². The van der Waals surface area contributed by atoms with Crippen LogP contribution < -0.4 is 28.3 Å². The van der Waals surface area contributed by atoms with Gasteiger partial charge in [-0.1, -0.05) is 66.7 Å². The molecule has 0 aliphatic carbocycles. The summed E-state index contributed by atoms with van der Waals surface area (Å²) in [6.45, 7) is 2.09. The molecule has 4 aromatic carbocycles. The fraction of sp³-hybridized carbons (Fsp3) is 0.0714. The van der Waals surface area contributed by atoms with Crippen LogP contribution in [-0.2, 0) is 6.16 Å². The van der Waals surface area contributed by atoms with Crippen LogP contribution >= 0.6 is 7.26 Å². The molecule has 0 saturated heterocycles. The third-order valence-corrected chi connectivity index (χ3v) is 10.1. The van der Waals surface area contributed by atoms with E-state index in [9.17, 15) is 0 Å². The molecule has 0 radical (unpaired) electrons. The van der Waals surface area contributed by atoms with E-state index in [1.54, 1.807) is 0 Å². The minimum Gasteiger partial charge on any atom is -1.00 e. The normalized spacial score (nSPS) is 11.2. The highest BCUT2D eigenvalue weighted by atomic mass is 35.5. The minimum atomic E-state index is -1.98. The van der Waals surface area contributed by atoms with E-state index in [4.69, 9.17) is 9.97 Å². The second-order valence-electron chi connectivity index (χ2n) is 7.72. The van der Waals surface area contributed by atoms with Crippen LogP contribution in [0.25, 0.3) is 11.0 Å². The van der Waals surface area contributed by atoms with Gasteiger partial charge in [-0.3, -0.25) is 0 Å². The molecule has 158 valence electrons. The van der Waals surface area contributed by atoms with Gasteiger partial charge in [0, 0.05) is 0 Å². The Morgan fingerprint density at radius 3 is 1.34 bits per heavy atom. The Bertz CT molecular complexity index is 1210. The van der Waals surface area contributed by atoms with Gasteiger partial charge in [0.2, 0.25) is 0 Å². The maximum atomic E-state index is 5.10. The van der Waals surface area contributed by atoms with Crippen molar-refractivity contribution in [2.75, 3.05) is 0 Å². The van der Waals surface area contributed by atoms with Crippen LogP contribution in [-0.4, -0.2) is 9.97 Å². The molecule has 1 heterocycles. The number of nitrogens with zero attached hydrogens (tertiary/aromatic N) is 2. The van der Waals surface area contributed by atoms with E-state index in [1.165, 1.54) is 15.9 Å². The third kappa shape index (κ3) is 4.05. The number of hydrogen-bond acceptors (Lipinski definition) is 2. The molecule has 0 unspecified atom stereocenters. The lowest BCUT2D eigenvalue weighted by molar-refractivity contribution is -0.00000623. The summed E-state index contributed by atoms with van der Waals surface area (Å²) >= 11 is 0. The molecule has 0 fully saturated rings. The van der Waals surface area contributed by atoms with Gasteiger partial charge < -0.3 is 12.4 Å². The first-order chi connectivity index (χ1) is 15.3. The molecule has 0 saturated carbocycles. The Hall–Kier alpha value is -3.06. The number of halogens is 1. The second-order valence-corrected chi connectivity index (χ2v) is 11.2. The van der Waals surface area contributed by atoms with Crippen LogP contribution in [0, 0.1) is 6.92 Å². The highest BCUT2D eigenvalue weighted by Crippen LogP contribution is 2.58. The van der Waals surface area contributed by atoms with E-state index < -0.39 is 7.26 Å². The maximum absolute atomic E-state index is 5.10. The first-order valence-corrected chi connectivity index (χ1v) is 12.5. The van der Waals surface area contributed by atoms with Crippen LogP contribution in [0.5, 0.6) is 0 Å². The van der Waals surface area contributed by atoms with Gasteiger partial charge in [-0.25, -0.2) is 9.97 Å². The van der Waals surface area contributed by atoms with Crippen LogP contribution in [0.4, 0.5) is 0 Å². The highest BCUT2D eigenvalue weighted by Gasteiger charge is 2.46. The smallest absolute Gasteiger partial charge is 0.118 e. The summed E-state index contributed by atoms with van der Waals surface area (Å²) in [6.07, 6.45) is 0.842. The Kier molecular flexibility index (Phi) is 6.65. The topological polar surface area (TPSA) is 25.8 Å². The van der Waals surface area contributed by atoms with Crippen molar-refractivity contribution in [3.05, 3.63) is 127 Å². The zero-order valence-corrected chi connectivity index (χ0v) is 19.5. The summed E-state index contributed by atoms with van der Waals surface area (Å²) in [5, 5.41) is 4.09. The molecule has 5 rings (SSSR count). The van der Waals surface area contributed by atoms with Crippen molar-refractivity contribution in [1.82, 2.24) is 9.97 Å².